The third-order valence-electron chi connectivity index (χ3n) is 2.05. The molecule has 6 heteroatoms. The summed E-state index contributed by atoms with van der Waals surface area (Å²) in [5, 5.41) is -0.264. The minimum absolute atomic E-state index is 0.220. The Balaban J connectivity index is 2.46. The lowest BCUT2D eigenvalue weighted by atomic mass is 10.1. The fourth-order valence-corrected chi connectivity index (χ4v) is 2.57. The Morgan fingerprint density at radius 1 is 1.29 bits per heavy atom. The monoisotopic (exact) mass is 390 g/mol. The first-order chi connectivity index (χ1) is 8.00. The molecular formula is C11H11Br2ClF2O. The first-order valence-corrected chi connectivity index (χ1v) is 6.98. The summed E-state index contributed by atoms with van der Waals surface area (Å²) in [4.78, 5) is 0. The minimum atomic E-state index is -2.43. The number of alkyl halides is 3. The molecule has 0 aliphatic rings. The van der Waals surface area contributed by atoms with E-state index < -0.39 is 13.0 Å². The number of hydrogen-bond donors (Lipinski definition) is 0. The van der Waals surface area contributed by atoms with Crippen molar-refractivity contribution in [2.45, 2.75) is 18.2 Å². The maximum Gasteiger partial charge on any atom is 0.261 e. The second-order valence-corrected chi connectivity index (χ2v) is 5.68. The maximum atomic E-state index is 11.8. The average molecular weight is 392 g/mol. The van der Waals surface area contributed by atoms with Crippen LogP contribution in [0.15, 0.2) is 27.1 Å². The molecule has 0 saturated carbocycles. The lowest BCUT2D eigenvalue weighted by Gasteiger charge is -2.12. The van der Waals surface area contributed by atoms with Gasteiger partial charge in [0.1, 0.15) is 6.61 Å². The van der Waals surface area contributed by atoms with Gasteiger partial charge in [-0.2, -0.15) is 0 Å². The van der Waals surface area contributed by atoms with E-state index in [9.17, 15) is 8.78 Å². The van der Waals surface area contributed by atoms with Gasteiger partial charge in [-0.3, -0.25) is 0 Å². The third-order valence-corrected chi connectivity index (χ3v) is 3.72. The molecule has 0 spiro atoms. The second kappa shape index (κ2) is 7.67. The van der Waals surface area contributed by atoms with Crippen molar-refractivity contribution in [1.82, 2.24) is 0 Å². The Bertz CT molecular complexity index is 363. The first-order valence-electron chi connectivity index (χ1n) is 4.95. The van der Waals surface area contributed by atoms with Crippen LogP contribution in [-0.2, 0) is 4.74 Å². The molecule has 1 unspecified atom stereocenters. The van der Waals surface area contributed by atoms with Gasteiger partial charge >= 0.3 is 0 Å². The molecule has 0 aromatic heterocycles. The Morgan fingerprint density at radius 2 is 2.00 bits per heavy atom. The molecule has 0 aliphatic carbocycles. The highest BCUT2D eigenvalue weighted by molar-refractivity contribution is 9.11. The summed E-state index contributed by atoms with van der Waals surface area (Å²) >= 11 is 12.9. The van der Waals surface area contributed by atoms with Crippen molar-refractivity contribution in [2.24, 2.45) is 0 Å². The van der Waals surface area contributed by atoms with Gasteiger partial charge in [-0.25, -0.2) is 8.78 Å². The molecule has 0 fully saturated rings. The van der Waals surface area contributed by atoms with Crippen molar-refractivity contribution in [2.75, 3.05) is 13.2 Å². The molecule has 0 N–H and O–H groups in total. The lowest BCUT2D eigenvalue weighted by molar-refractivity contribution is 0.0165. The van der Waals surface area contributed by atoms with E-state index in [0.29, 0.717) is 6.42 Å². The Kier molecular flexibility index (Phi) is 6.92. The summed E-state index contributed by atoms with van der Waals surface area (Å²) in [7, 11) is 0. The number of benzene rings is 1. The van der Waals surface area contributed by atoms with E-state index in [1.165, 1.54) is 0 Å². The van der Waals surface area contributed by atoms with Crippen molar-refractivity contribution in [3.63, 3.8) is 0 Å². The highest BCUT2D eigenvalue weighted by atomic mass is 79.9. The van der Waals surface area contributed by atoms with Gasteiger partial charge in [0.2, 0.25) is 0 Å². The predicted molar refractivity (Wildman–Crippen MR) is 71.9 cm³/mol. The van der Waals surface area contributed by atoms with Crippen LogP contribution in [0.1, 0.15) is 17.4 Å². The van der Waals surface area contributed by atoms with Crippen LogP contribution in [0.2, 0.25) is 0 Å². The highest BCUT2D eigenvalue weighted by Gasteiger charge is 2.12. The Hall–Kier alpha value is 0.290. The van der Waals surface area contributed by atoms with Gasteiger partial charge in [-0.1, -0.05) is 31.9 Å². The SMILES string of the molecule is FC(F)COCCC(Cl)c1cc(Br)ccc1Br. The normalized spacial score (nSPS) is 13.1. The average Bonchev–Trinajstić information content (AvgIpc) is 2.27. The van der Waals surface area contributed by atoms with Crippen LogP contribution in [-0.4, -0.2) is 19.6 Å². The predicted octanol–water partition coefficient (Wildman–Crippen LogP) is 5.16. The molecule has 1 rings (SSSR count). The van der Waals surface area contributed by atoms with Gasteiger partial charge in [0.15, 0.2) is 0 Å². The molecule has 1 aromatic rings. The molecule has 1 nitrogen and oxygen atoms in total. The molecule has 0 aliphatic heterocycles. The molecule has 0 heterocycles. The van der Waals surface area contributed by atoms with Crippen LogP contribution >= 0.6 is 43.5 Å². The molecular weight excluding hydrogens is 381 g/mol. The maximum absolute atomic E-state index is 11.8. The largest absolute Gasteiger partial charge is 0.375 e. The third kappa shape index (κ3) is 5.64. The minimum Gasteiger partial charge on any atom is -0.375 e. The number of rotatable bonds is 6. The van der Waals surface area contributed by atoms with Crippen LogP contribution in [0.4, 0.5) is 8.78 Å². The van der Waals surface area contributed by atoms with Gasteiger partial charge in [-0.15, -0.1) is 11.6 Å². The Labute approximate surface area is 121 Å². The smallest absolute Gasteiger partial charge is 0.261 e. The molecule has 0 saturated heterocycles. The molecule has 1 atom stereocenters. The first kappa shape index (κ1) is 15.3. The standard InChI is InChI=1S/C11H11Br2ClF2O/c12-7-1-2-9(13)8(5-7)10(14)3-4-17-6-11(15)16/h1-2,5,10-11H,3-4,6H2. The van der Waals surface area contributed by atoms with E-state index in [0.717, 1.165) is 14.5 Å². The molecule has 0 radical (unpaired) electrons. The van der Waals surface area contributed by atoms with Gasteiger partial charge in [-0.05, 0) is 30.2 Å². The zero-order valence-corrected chi connectivity index (χ0v) is 12.7. The summed E-state index contributed by atoms with van der Waals surface area (Å²) in [5.74, 6) is 0. The van der Waals surface area contributed by atoms with Gasteiger partial charge < -0.3 is 4.74 Å². The van der Waals surface area contributed by atoms with E-state index in [-0.39, 0.29) is 12.0 Å². The van der Waals surface area contributed by atoms with E-state index in [1.807, 2.05) is 18.2 Å². The van der Waals surface area contributed by atoms with E-state index >= 15 is 0 Å². The number of halogens is 5. The topological polar surface area (TPSA) is 9.23 Å². The van der Waals surface area contributed by atoms with Gasteiger partial charge in [0.25, 0.3) is 6.43 Å². The van der Waals surface area contributed by atoms with E-state index in [1.54, 1.807) is 0 Å². The lowest BCUT2D eigenvalue weighted by Crippen LogP contribution is -2.07. The number of ether oxygens (including phenoxy) is 1. The molecule has 1 aromatic carbocycles. The van der Waals surface area contributed by atoms with Crippen LogP contribution < -0.4 is 0 Å². The fourth-order valence-electron chi connectivity index (χ4n) is 1.27. The Morgan fingerprint density at radius 3 is 2.65 bits per heavy atom. The fraction of sp³-hybridized carbons (Fsp3) is 0.455. The van der Waals surface area contributed by atoms with Gasteiger partial charge in [0, 0.05) is 15.6 Å². The zero-order valence-electron chi connectivity index (χ0n) is 8.81. The zero-order chi connectivity index (χ0) is 12.8. The van der Waals surface area contributed by atoms with Crippen molar-refractivity contribution >= 4 is 43.5 Å². The van der Waals surface area contributed by atoms with Crippen molar-refractivity contribution in [3.8, 4) is 0 Å². The van der Waals surface area contributed by atoms with Crippen LogP contribution in [0, 0.1) is 0 Å². The van der Waals surface area contributed by atoms with Crippen molar-refractivity contribution in [3.05, 3.63) is 32.7 Å². The molecule has 17 heavy (non-hydrogen) atoms. The van der Waals surface area contributed by atoms with Crippen molar-refractivity contribution in [1.29, 1.82) is 0 Å². The highest BCUT2D eigenvalue weighted by Crippen LogP contribution is 2.32. The second-order valence-electron chi connectivity index (χ2n) is 3.39. The van der Waals surface area contributed by atoms with Crippen LogP contribution in [0.3, 0.4) is 0 Å². The summed E-state index contributed by atoms with van der Waals surface area (Å²) in [6, 6.07) is 5.67. The van der Waals surface area contributed by atoms with Crippen molar-refractivity contribution < 1.29 is 13.5 Å². The van der Waals surface area contributed by atoms with E-state index in [2.05, 4.69) is 31.9 Å². The van der Waals surface area contributed by atoms with Crippen LogP contribution in [0.5, 0.6) is 0 Å². The van der Waals surface area contributed by atoms with E-state index in [4.69, 9.17) is 16.3 Å². The molecule has 96 valence electrons. The summed E-state index contributed by atoms with van der Waals surface area (Å²) < 4.78 is 30.3. The molecule has 0 amide bonds. The summed E-state index contributed by atoms with van der Waals surface area (Å²) in [6.07, 6.45) is -1.94. The van der Waals surface area contributed by atoms with Crippen LogP contribution in [0.25, 0.3) is 0 Å². The summed E-state index contributed by atoms with van der Waals surface area (Å²) in [6.45, 7) is -0.319. The quantitative estimate of drug-likeness (QED) is 0.480. The molecule has 0 bridgehead atoms. The number of hydrogen-bond acceptors (Lipinski definition) is 1. The summed E-state index contributed by atoms with van der Waals surface area (Å²) in [5.41, 5.74) is 0.918. The van der Waals surface area contributed by atoms with Gasteiger partial charge in [0.05, 0.1) is 5.38 Å².